The molecule has 0 amide bonds. The molecule has 0 atom stereocenters. The van der Waals surface area contributed by atoms with E-state index in [2.05, 4.69) is 4.98 Å². The smallest absolute Gasteiger partial charge is 0.347 e. The molecule has 0 spiro atoms. The zero-order valence-electron chi connectivity index (χ0n) is 11.5. The molecular formula is C15H17NO3S. The molecule has 2 aromatic rings. The first-order valence-corrected chi connectivity index (χ1v) is 7.33. The molecule has 0 fully saturated rings. The zero-order chi connectivity index (χ0) is 14.5. The number of thiazole rings is 1. The van der Waals surface area contributed by atoms with E-state index in [4.69, 9.17) is 9.84 Å². The highest BCUT2D eigenvalue weighted by atomic mass is 32.1. The summed E-state index contributed by atoms with van der Waals surface area (Å²) in [6.07, 6.45) is 1.26. The minimum atomic E-state index is -0.898. The molecule has 0 bridgehead atoms. The second-order valence-electron chi connectivity index (χ2n) is 4.45. The van der Waals surface area contributed by atoms with Crippen molar-refractivity contribution in [2.24, 2.45) is 0 Å². The number of carboxylic acid groups (broad SMARTS) is 1. The van der Waals surface area contributed by atoms with Crippen LogP contribution in [0.2, 0.25) is 0 Å². The lowest BCUT2D eigenvalue weighted by Gasteiger charge is -2.04. The topological polar surface area (TPSA) is 59.4 Å². The number of aryl methyl sites for hydroxylation is 2. The Morgan fingerprint density at radius 2 is 2.05 bits per heavy atom. The molecule has 0 aliphatic heterocycles. The summed E-state index contributed by atoms with van der Waals surface area (Å²) in [7, 11) is 0. The molecule has 4 nitrogen and oxygen atoms in total. The number of rotatable bonds is 6. The van der Waals surface area contributed by atoms with Crippen LogP contribution in [0, 0.1) is 6.92 Å². The lowest BCUT2D eigenvalue weighted by Crippen LogP contribution is -2.01. The Labute approximate surface area is 122 Å². The fourth-order valence-electron chi connectivity index (χ4n) is 1.81. The number of ether oxygens (including phenoxy) is 1. The molecule has 2 rings (SSSR count). The van der Waals surface area contributed by atoms with Crippen molar-refractivity contribution in [1.29, 1.82) is 0 Å². The average Bonchev–Trinajstić information content (AvgIpc) is 2.84. The number of aromatic carboxylic acids is 1. The van der Waals surface area contributed by atoms with E-state index in [9.17, 15) is 4.79 Å². The van der Waals surface area contributed by atoms with Crippen LogP contribution in [0.4, 0.5) is 0 Å². The van der Waals surface area contributed by atoms with E-state index in [1.54, 1.807) is 0 Å². The summed E-state index contributed by atoms with van der Waals surface area (Å²) >= 11 is 1.24. The first-order valence-electron chi connectivity index (χ1n) is 6.51. The predicted molar refractivity (Wildman–Crippen MR) is 78.8 cm³/mol. The molecule has 1 heterocycles. The van der Waals surface area contributed by atoms with Gasteiger partial charge in [0, 0.05) is 6.42 Å². The lowest BCUT2D eigenvalue weighted by molar-refractivity contribution is 0.0701. The van der Waals surface area contributed by atoms with Crippen LogP contribution in [0.25, 0.3) is 0 Å². The van der Waals surface area contributed by atoms with E-state index < -0.39 is 5.97 Å². The van der Waals surface area contributed by atoms with Crippen molar-refractivity contribution in [3.8, 4) is 5.75 Å². The van der Waals surface area contributed by atoms with Gasteiger partial charge in [0.15, 0.2) is 0 Å². The van der Waals surface area contributed by atoms with E-state index in [1.807, 2.05) is 38.1 Å². The molecule has 106 valence electrons. The van der Waals surface area contributed by atoms with Crippen LogP contribution in [0.5, 0.6) is 5.75 Å². The molecule has 20 heavy (non-hydrogen) atoms. The third kappa shape index (κ3) is 3.57. The maximum atomic E-state index is 11.1. The van der Waals surface area contributed by atoms with Gasteiger partial charge in [-0.15, -0.1) is 11.3 Å². The van der Waals surface area contributed by atoms with Crippen LogP contribution in [-0.4, -0.2) is 22.7 Å². The Bertz CT molecular complexity index is 590. The van der Waals surface area contributed by atoms with Gasteiger partial charge in [0.2, 0.25) is 0 Å². The van der Waals surface area contributed by atoms with Crippen LogP contribution < -0.4 is 4.74 Å². The molecule has 1 aromatic heterocycles. The molecule has 0 aliphatic carbocycles. The van der Waals surface area contributed by atoms with Crippen LogP contribution in [0.15, 0.2) is 24.3 Å². The summed E-state index contributed by atoms with van der Waals surface area (Å²) in [5.41, 5.74) is 1.85. The Balaban J connectivity index is 1.94. The highest BCUT2D eigenvalue weighted by Crippen LogP contribution is 2.20. The summed E-state index contributed by atoms with van der Waals surface area (Å²) < 4.78 is 5.63. The Morgan fingerprint density at radius 3 is 2.60 bits per heavy atom. The van der Waals surface area contributed by atoms with Gasteiger partial charge in [-0.25, -0.2) is 9.78 Å². The van der Waals surface area contributed by atoms with Gasteiger partial charge in [-0.1, -0.05) is 24.6 Å². The fraction of sp³-hybridized carbons (Fsp3) is 0.333. The molecule has 0 saturated carbocycles. The Kier molecular flexibility index (Phi) is 4.74. The maximum Gasteiger partial charge on any atom is 0.347 e. The van der Waals surface area contributed by atoms with Gasteiger partial charge >= 0.3 is 5.97 Å². The van der Waals surface area contributed by atoms with Crippen molar-refractivity contribution in [2.45, 2.75) is 26.7 Å². The standard InChI is InChI=1S/C15H17NO3S/c1-3-12-14(15(17)18)20-13(16-12)8-9-19-11-6-4-10(2)5-7-11/h4-7H,3,8-9H2,1-2H3,(H,17,18). The van der Waals surface area contributed by atoms with Crippen LogP contribution in [-0.2, 0) is 12.8 Å². The van der Waals surface area contributed by atoms with Gasteiger partial charge in [0.1, 0.15) is 10.6 Å². The van der Waals surface area contributed by atoms with Crippen molar-refractivity contribution in [2.75, 3.05) is 6.61 Å². The lowest BCUT2D eigenvalue weighted by atomic mass is 10.2. The monoisotopic (exact) mass is 291 g/mol. The number of nitrogens with zero attached hydrogens (tertiary/aromatic N) is 1. The van der Waals surface area contributed by atoms with Gasteiger partial charge in [-0.2, -0.15) is 0 Å². The number of hydrogen-bond acceptors (Lipinski definition) is 4. The summed E-state index contributed by atoms with van der Waals surface area (Å²) in [4.78, 5) is 15.8. The predicted octanol–water partition coefficient (Wildman–Crippen LogP) is 3.33. The van der Waals surface area contributed by atoms with E-state index >= 15 is 0 Å². The number of hydrogen-bond donors (Lipinski definition) is 1. The maximum absolute atomic E-state index is 11.1. The number of carbonyl (C=O) groups is 1. The van der Waals surface area contributed by atoms with Crippen molar-refractivity contribution in [3.63, 3.8) is 0 Å². The first kappa shape index (κ1) is 14.5. The molecule has 0 unspecified atom stereocenters. The summed E-state index contributed by atoms with van der Waals surface area (Å²) in [5, 5.41) is 9.89. The number of aromatic nitrogens is 1. The summed E-state index contributed by atoms with van der Waals surface area (Å²) in [5.74, 6) is -0.0774. The van der Waals surface area contributed by atoms with Crippen molar-refractivity contribution in [3.05, 3.63) is 45.4 Å². The molecule has 0 saturated heterocycles. The van der Waals surface area contributed by atoms with Gasteiger partial charge in [0.25, 0.3) is 0 Å². The second kappa shape index (κ2) is 6.52. The van der Waals surface area contributed by atoms with Crippen molar-refractivity contribution in [1.82, 2.24) is 4.98 Å². The summed E-state index contributed by atoms with van der Waals surface area (Å²) in [6, 6.07) is 7.85. The van der Waals surface area contributed by atoms with Gasteiger partial charge in [0.05, 0.1) is 17.3 Å². The van der Waals surface area contributed by atoms with Crippen LogP contribution >= 0.6 is 11.3 Å². The third-order valence-corrected chi connectivity index (χ3v) is 4.02. The van der Waals surface area contributed by atoms with E-state index in [-0.39, 0.29) is 0 Å². The minimum absolute atomic E-state index is 0.345. The quantitative estimate of drug-likeness (QED) is 0.887. The molecular weight excluding hydrogens is 274 g/mol. The van der Waals surface area contributed by atoms with Crippen molar-refractivity contribution >= 4 is 17.3 Å². The van der Waals surface area contributed by atoms with Gasteiger partial charge < -0.3 is 9.84 Å². The van der Waals surface area contributed by atoms with E-state index in [0.717, 1.165) is 10.8 Å². The summed E-state index contributed by atoms with van der Waals surface area (Å²) in [6.45, 7) is 4.44. The van der Waals surface area contributed by atoms with E-state index in [0.29, 0.717) is 30.0 Å². The molecule has 0 radical (unpaired) electrons. The van der Waals surface area contributed by atoms with Crippen molar-refractivity contribution < 1.29 is 14.6 Å². The SMILES string of the molecule is CCc1nc(CCOc2ccc(C)cc2)sc1C(=O)O. The highest BCUT2D eigenvalue weighted by molar-refractivity contribution is 7.13. The van der Waals surface area contributed by atoms with Gasteiger partial charge in [-0.05, 0) is 25.5 Å². The average molecular weight is 291 g/mol. The molecule has 1 N–H and O–H groups in total. The van der Waals surface area contributed by atoms with E-state index in [1.165, 1.54) is 16.9 Å². The Hall–Kier alpha value is -1.88. The molecule has 1 aromatic carbocycles. The Morgan fingerprint density at radius 1 is 1.35 bits per heavy atom. The molecule has 0 aliphatic rings. The number of benzene rings is 1. The normalized spacial score (nSPS) is 10.5. The first-order chi connectivity index (χ1) is 9.60. The highest BCUT2D eigenvalue weighted by Gasteiger charge is 2.15. The largest absolute Gasteiger partial charge is 0.493 e. The minimum Gasteiger partial charge on any atom is -0.493 e. The zero-order valence-corrected chi connectivity index (χ0v) is 12.4. The van der Waals surface area contributed by atoms with Gasteiger partial charge in [-0.3, -0.25) is 0 Å². The van der Waals surface area contributed by atoms with Crippen LogP contribution in [0.1, 0.15) is 32.9 Å². The molecule has 5 heteroatoms. The van der Waals surface area contributed by atoms with Crippen LogP contribution in [0.3, 0.4) is 0 Å². The fourth-order valence-corrected chi connectivity index (χ4v) is 2.78. The second-order valence-corrected chi connectivity index (χ2v) is 5.54. The third-order valence-electron chi connectivity index (χ3n) is 2.88. The number of carboxylic acids is 1.